The van der Waals surface area contributed by atoms with Gasteiger partial charge in [-0.05, 0) is 42.5 Å². The summed E-state index contributed by atoms with van der Waals surface area (Å²) in [4.78, 5) is 8.76. The van der Waals surface area contributed by atoms with Crippen molar-refractivity contribution in [3.63, 3.8) is 0 Å². The quantitative estimate of drug-likeness (QED) is 0.648. The third-order valence-electron chi connectivity index (χ3n) is 4.24. The molecule has 0 spiro atoms. The first-order chi connectivity index (χ1) is 13.3. The monoisotopic (exact) mass is 432 g/mol. The summed E-state index contributed by atoms with van der Waals surface area (Å²) < 4.78 is 27.6. The van der Waals surface area contributed by atoms with Gasteiger partial charge in [-0.2, -0.15) is 0 Å². The number of sulfonamides is 1. The van der Waals surface area contributed by atoms with Crippen LogP contribution in [0.15, 0.2) is 64.5 Å². The van der Waals surface area contributed by atoms with Gasteiger partial charge in [0.05, 0.1) is 27.8 Å². The van der Waals surface area contributed by atoms with Gasteiger partial charge in [-0.3, -0.25) is 9.71 Å². The number of rotatable bonds is 4. The summed E-state index contributed by atoms with van der Waals surface area (Å²) in [7, 11) is -3.79. The van der Waals surface area contributed by atoms with Crippen LogP contribution in [0.3, 0.4) is 0 Å². The molecule has 28 heavy (non-hydrogen) atoms. The second kappa shape index (κ2) is 7.09. The highest BCUT2D eigenvalue weighted by molar-refractivity contribution is 7.92. The Labute approximate surface area is 172 Å². The number of pyridine rings is 1. The zero-order chi connectivity index (χ0) is 19.9. The van der Waals surface area contributed by atoms with E-state index in [-0.39, 0.29) is 4.90 Å². The molecule has 2 heterocycles. The number of halogens is 2. The summed E-state index contributed by atoms with van der Waals surface area (Å²) in [5.41, 5.74) is 9.10. The molecular weight excluding hydrogens is 419 g/mol. The minimum Gasteiger partial charge on any atom is -0.382 e. The van der Waals surface area contributed by atoms with Crippen LogP contribution in [0.25, 0.3) is 11.3 Å². The molecule has 3 N–H and O–H groups in total. The van der Waals surface area contributed by atoms with Crippen molar-refractivity contribution in [3.8, 4) is 11.3 Å². The topological polar surface area (TPSA) is 97.4 Å². The Balaban J connectivity index is 1.64. The van der Waals surface area contributed by atoms with Crippen molar-refractivity contribution in [1.29, 1.82) is 0 Å². The highest BCUT2D eigenvalue weighted by Crippen LogP contribution is 2.31. The van der Waals surface area contributed by atoms with E-state index in [9.17, 15) is 8.42 Å². The molecule has 0 fully saturated rings. The lowest BCUT2D eigenvalue weighted by atomic mass is 10.1. The Kier molecular flexibility index (Phi) is 4.74. The molecule has 0 radical (unpaired) electrons. The number of anilines is 1. The first kappa shape index (κ1) is 18.7. The van der Waals surface area contributed by atoms with Gasteiger partial charge in [0, 0.05) is 16.1 Å². The highest BCUT2D eigenvalue weighted by atomic mass is 35.5. The van der Waals surface area contributed by atoms with E-state index < -0.39 is 10.0 Å². The molecule has 0 atom stereocenters. The third kappa shape index (κ3) is 3.56. The van der Waals surface area contributed by atoms with Gasteiger partial charge in [0.2, 0.25) is 0 Å². The SMILES string of the molecule is NC1=NCc2ccc(-c3ccc(NS(=O)(=O)c4cccc(Cl)c4)cc3Cl)nc21. The van der Waals surface area contributed by atoms with Crippen molar-refractivity contribution in [2.24, 2.45) is 10.7 Å². The number of fused-ring (bicyclic) bond motifs is 1. The predicted octanol–water partition coefficient (Wildman–Crippen LogP) is 4.08. The number of aliphatic imine (C=N–C) groups is 1. The number of benzene rings is 2. The second-order valence-corrected chi connectivity index (χ2v) is 8.69. The molecule has 1 aromatic heterocycles. The Morgan fingerprint density at radius 2 is 1.86 bits per heavy atom. The minimum absolute atomic E-state index is 0.0650. The van der Waals surface area contributed by atoms with Crippen molar-refractivity contribution in [3.05, 3.63) is 75.9 Å². The number of nitrogens with zero attached hydrogens (tertiary/aromatic N) is 2. The number of hydrogen-bond acceptors (Lipinski definition) is 5. The molecule has 0 saturated heterocycles. The van der Waals surface area contributed by atoms with Gasteiger partial charge in [-0.15, -0.1) is 0 Å². The van der Waals surface area contributed by atoms with Crippen LogP contribution in [-0.4, -0.2) is 19.2 Å². The van der Waals surface area contributed by atoms with Gasteiger partial charge in [0.1, 0.15) is 11.5 Å². The lowest BCUT2D eigenvalue weighted by molar-refractivity contribution is 0.601. The molecule has 0 unspecified atom stereocenters. The summed E-state index contributed by atoms with van der Waals surface area (Å²) >= 11 is 12.3. The van der Waals surface area contributed by atoms with E-state index in [2.05, 4.69) is 14.7 Å². The lowest BCUT2D eigenvalue weighted by Gasteiger charge is -2.11. The molecule has 0 amide bonds. The van der Waals surface area contributed by atoms with E-state index >= 15 is 0 Å². The largest absolute Gasteiger partial charge is 0.382 e. The molecule has 0 saturated carbocycles. The van der Waals surface area contributed by atoms with Crippen molar-refractivity contribution in [2.75, 3.05) is 4.72 Å². The van der Waals surface area contributed by atoms with Crippen LogP contribution in [-0.2, 0) is 16.6 Å². The molecule has 3 aromatic rings. The normalized spacial score (nSPS) is 13.1. The zero-order valence-electron chi connectivity index (χ0n) is 14.4. The Hall–Kier alpha value is -2.61. The zero-order valence-corrected chi connectivity index (χ0v) is 16.7. The van der Waals surface area contributed by atoms with Gasteiger partial charge in [-0.25, -0.2) is 13.4 Å². The molecule has 142 valence electrons. The highest BCUT2D eigenvalue weighted by Gasteiger charge is 2.18. The van der Waals surface area contributed by atoms with Gasteiger partial charge in [0.15, 0.2) is 0 Å². The maximum Gasteiger partial charge on any atom is 0.261 e. The second-order valence-electron chi connectivity index (χ2n) is 6.16. The van der Waals surface area contributed by atoms with E-state index in [0.29, 0.717) is 45.1 Å². The standard InChI is InChI=1S/C19H14Cl2N4O2S/c20-12-2-1-3-14(8-12)28(26,27)25-13-5-6-15(16(21)9-13)17-7-4-11-10-23-19(22)18(11)24-17/h1-9,25H,10H2,(H2,22,23). The fourth-order valence-corrected chi connectivity index (χ4v) is 4.49. The van der Waals surface area contributed by atoms with Crippen molar-refractivity contribution in [2.45, 2.75) is 11.4 Å². The van der Waals surface area contributed by atoms with Gasteiger partial charge < -0.3 is 5.73 Å². The van der Waals surface area contributed by atoms with Crippen molar-refractivity contribution in [1.82, 2.24) is 4.98 Å². The third-order valence-corrected chi connectivity index (χ3v) is 6.17. The van der Waals surface area contributed by atoms with E-state index in [0.717, 1.165) is 5.56 Å². The van der Waals surface area contributed by atoms with E-state index in [1.807, 2.05) is 12.1 Å². The number of amidine groups is 1. The first-order valence-corrected chi connectivity index (χ1v) is 10.5. The Bertz CT molecular complexity index is 1230. The number of nitrogens with one attached hydrogen (secondary N) is 1. The summed E-state index contributed by atoms with van der Waals surface area (Å²) in [5.74, 6) is 0.402. The molecule has 9 heteroatoms. The van der Waals surface area contributed by atoms with E-state index in [1.165, 1.54) is 18.2 Å². The summed E-state index contributed by atoms with van der Waals surface area (Å²) in [5, 5.41) is 0.689. The summed E-state index contributed by atoms with van der Waals surface area (Å²) in [6, 6.07) is 14.6. The Morgan fingerprint density at radius 3 is 2.61 bits per heavy atom. The summed E-state index contributed by atoms with van der Waals surface area (Å²) in [6.07, 6.45) is 0. The van der Waals surface area contributed by atoms with E-state index in [4.69, 9.17) is 28.9 Å². The fraction of sp³-hybridized carbons (Fsp3) is 0.0526. The van der Waals surface area contributed by atoms with Crippen LogP contribution in [0.1, 0.15) is 11.3 Å². The molecule has 4 rings (SSSR count). The lowest BCUT2D eigenvalue weighted by Crippen LogP contribution is -2.13. The van der Waals surface area contributed by atoms with Crippen LogP contribution in [0.5, 0.6) is 0 Å². The molecule has 6 nitrogen and oxygen atoms in total. The van der Waals surface area contributed by atoms with Gasteiger partial charge >= 0.3 is 0 Å². The molecular formula is C19H14Cl2N4O2S. The van der Waals surface area contributed by atoms with Crippen LogP contribution in [0.4, 0.5) is 5.69 Å². The molecule has 0 bridgehead atoms. The Morgan fingerprint density at radius 1 is 1.04 bits per heavy atom. The smallest absolute Gasteiger partial charge is 0.261 e. The van der Waals surface area contributed by atoms with Crippen LogP contribution in [0.2, 0.25) is 10.0 Å². The summed E-state index contributed by atoms with van der Waals surface area (Å²) in [6.45, 7) is 0.520. The van der Waals surface area contributed by atoms with Crippen LogP contribution < -0.4 is 10.5 Å². The minimum atomic E-state index is -3.79. The average molecular weight is 433 g/mol. The van der Waals surface area contributed by atoms with Gasteiger partial charge in [-0.1, -0.05) is 35.3 Å². The van der Waals surface area contributed by atoms with Crippen LogP contribution in [0, 0.1) is 0 Å². The van der Waals surface area contributed by atoms with E-state index in [1.54, 1.807) is 24.3 Å². The van der Waals surface area contributed by atoms with Crippen molar-refractivity contribution >= 4 is 44.7 Å². The predicted molar refractivity (Wildman–Crippen MR) is 111 cm³/mol. The number of aromatic nitrogens is 1. The van der Waals surface area contributed by atoms with Crippen LogP contribution >= 0.6 is 23.2 Å². The molecule has 1 aliphatic heterocycles. The maximum absolute atomic E-state index is 12.5. The fourth-order valence-electron chi connectivity index (χ4n) is 2.87. The molecule has 0 aliphatic carbocycles. The average Bonchev–Trinajstić information content (AvgIpc) is 3.02. The number of nitrogens with two attached hydrogens (primary N) is 1. The molecule has 2 aromatic carbocycles. The van der Waals surface area contributed by atoms with Gasteiger partial charge in [0.25, 0.3) is 10.0 Å². The van der Waals surface area contributed by atoms with Crippen molar-refractivity contribution < 1.29 is 8.42 Å². The number of hydrogen-bond donors (Lipinski definition) is 2. The molecule has 1 aliphatic rings. The first-order valence-electron chi connectivity index (χ1n) is 8.22. The maximum atomic E-state index is 12.5.